The van der Waals surface area contributed by atoms with Gasteiger partial charge in [0.15, 0.2) is 11.7 Å². The Morgan fingerprint density at radius 1 is 1.19 bits per heavy atom. The molecule has 7 heteroatoms. The second-order valence-electron chi connectivity index (χ2n) is 5.77. The molecule has 1 unspecified atom stereocenters. The number of aromatic nitrogens is 1. The zero-order valence-electron chi connectivity index (χ0n) is 14.8. The second-order valence-corrected chi connectivity index (χ2v) is 6.75. The average molecular weight is 482 g/mol. The van der Waals surface area contributed by atoms with Crippen molar-refractivity contribution in [2.75, 3.05) is 13.6 Å². The Balaban J connectivity index is 0.00000243. The topological polar surface area (TPSA) is 62.5 Å². The van der Waals surface area contributed by atoms with E-state index in [0.29, 0.717) is 12.5 Å². The molecule has 138 valence electrons. The first-order chi connectivity index (χ1) is 12.3. The van der Waals surface area contributed by atoms with Gasteiger partial charge in [-0.2, -0.15) is 0 Å². The number of hydrogen-bond acceptors (Lipinski definition) is 4. The second kappa shape index (κ2) is 10.3. The highest BCUT2D eigenvalue weighted by molar-refractivity contribution is 14.0. The number of aliphatic imine (C=N–C) groups is 1. The summed E-state index contributed by atoms with van der Waals surface area (Å²) < 4.78 is 5.41. The Hall–Kier alpha value is -1.87. The fraction of sp³-hybridized carbons (Fsp3) is 0.263. The van der Waals surface area contributed by atoms with E-state index in [2.05, 4.69) is 45.2 Å². The van der Waals surface area contributed by atoms with Crippen LogP contribution in [0.1, 0.15) is 23.4 Å². The monoisotopic (exact) mass is 482 g/mol. The van der Waals surface area contributed by atoms with Gasteiger partial charge in [0.1, 0.15) is 5.69 Å². The maximum Gasteiger partial charge on any atom is 0.191 e. The zero-order valence-corrected chi connectivity index (χ0v) is 18.0. The molecule has 0 fully saturated rings. The fourth-order valence-electron chi connectivity index (χ4n) is 2.45. The number of nitrogens with one attached hydrogen (secondary N) is 2. The first-order valence-electron chi connectivity index (χ1n) is 8.25. The Labute approximate surface area is 174 Å². The van der Waals surface area contributed by atoms with E-state index < -0.39 is 0 Å². The van der Waals surface area contributed by atoms with Crippen LogP contribution in [-0.2, 0) is 6.54 Å². The van der Waals surface area contributed by atoms with Crippen molar-refractivity contribution in [2.24, 2.45) is 4.99 Å². The molecule has 1 aromatic carbocycles. The van der Waals surface area contributed by atoms with Crippen LogP contribution in [0.15, 0.2) is 63.4 Å². The fourth-order valence-corrected chi connectivity index (χ4v) is 3.24. The van der Waals surface area contributed by atoms with Crippen LogP contribution in [0.5, 0.6) is 0 Å². The lowest BCUT2D eigenvalue weighted by atomic mass is 10.1. The van der Waals surface area contributed by atoms with Crippen LogP contribution >= 0.6 is 35.3 Å². The van der Waals surface area contributed by atoms with Gasteiger partial charge in [-0.15, -0.1) is 35.3 Å². The van der Waals surface area contributed by atoms with E-state index in [1.807, 2.05) is 36.4 Å². The highest BCUT2D eigenvalue weighted by Gasteiger charge is 2.09. The molecule has 2 aromatic heterocycles. The molecule has 0 bridgehead atoms. The van der Waals surface area contributed by atoms with Gasteiger partial charge in [-0.1, -0.05) is 48.5 Å². The van der Waals surface area contributed by atoms with Gasteiger partial charge in [-0.25, -0.2) is 0 Å². The normalized spacial score (nSPS) is 12.3. The van der Waals surface area contributed by atoms with Crippen LogP contribution in [-0.4, -0.2) is 24.7 Å². The third-order valence-corrected chi connectivity index (χ3v) is 4.99. The van der Waals surface area contributed by atoms with Gasteiger partial charge in [0.05, 0.1) is 6.54 Å². The summed E-state index contributed by atoms with van der Waals surface area (Å²) in [5.74, 6) is 1.97. The Kier molecular flexibility index (Phi) is 8.11. The molecule has 0 radical (unpaired) electrons. The Morgan fingerprint density at radius 3 is 2.69 bits per heavy atom. The van der Waals surface area contributed by atoms with Crippen LogP contribution < -0.4 is 10.6 Å². The molecule has 26 heavy (non-hydrogen) atoms. The highest BCUT2D eigenvalue weighted by Crippen LogP contribution is 2.20. The third kappa shape index (κ3) is 5.57. The van der Waals surface area contributed by atoms with Gasteiger partial charge in [-0.05, 0) is 11.4 Å². The van der Waals surface area contributed by atoms with Crippen LogP contribution in [0.4, 0.5) is 0 Å². The molecule has 0 amide bonds. The molecule has 1 atom stereocenters. The van der Waals surface area contributed by atoms with Crippen molar-refractivity contribution < 1.29 is 4.52 Å². The molecule has 0 saturated heterocycles. The number of benzene rings is 1. The Morgan fingerprint density at radius 2 is 2.00 bits per heavy atom. The third-order valence-electron chi connectivity index (χ3n) is 3.88. The lowest BCUT2D eigenvalue weighted by Gasteiger charge is -2.14. The summed E-state index contributed by atoms with van der Waals surface area (Å²) in [6, 6.07) is 16.1. The van der Waals surface area contributed by atoms with Gasteiger partial charge in [-0.3, -0.25) is 4.99 Å². The van der Waals surface area contributed by atoms with E-state index in [9.17, 15) is 0 Å². The van der Waals surface area contributed by atoms with E-state index in [1.165, 1.54) is 4.88 Å². The smallest absolute Gasteiger partial charge is 0.191 e. The van der Waals surface area contributed by atoms with Crippen LogP contribution in [0.3, 0.4) is 0 Å². The lowest BCUT2D eigenvalue weighted by Crippen LogP contribution is -2.38. The number of rotatable bonds is 6. The van der Waals surface area contributed by atoms with Gasteiger partial charge < -0.3 is 15.2 Å². The van der Waals surface area contributed by atoms with Gasteiger partial charge in [0.25, 0.3) is 0 Å². The van der Waals surface area contributed by atoms with Crippen molar-refractivity contribution in [2.45, 2.75) is 19.4 Å². The molecule has 0 aliphatic heterocycles. The number of halogens is 1. The zero-order chi connectivity index (χ0) is 17.5. The minimum Gasteiger partial charge on any atom is -0.356 e. The molecular formula is C19H23IN4OS. The predicted molar refractivity (Wildman–Crippen MR) is 118 cm³/mol. The Bertz CT molecular complexity index is 802. The van der Waals surface area contributed by atoms with Crippen molar-refractivity contribution in [3.05, 3.63) is 64.5 Å². The van der Waals surface area contributed by atoms with E-state index in [4.69, 9.17) is 4.52 Å². The maximum atomic E-state index is 5.41. The summed E-state index contributed by atoms with van der Waals surface area (Å²) in [7, 11) is 1.77. The van der Waals surface area contributed by atoms with E-state index >= 15 is 0 Å². The molecule has 3 rings (SSSR count). The molecule has 3 aromatic rings. The van der Waals surface area contributed by atoms with E-state index in [1.54, 1.807) is 18.4 Å². The molecule has 0 spiro atoms. The summed E-state index contributed by atoms with van der Waals surface area (Å²) in [6.07, 6.45) is 0. The van der Waals surface area contributed by atoms with Crippen molar-refractivity contribution in [3.8, 4) is 11.3 Å². The molecule has 0 saturated carbocycles. The van der Waals surface area contributed by atoms with Gasteiger partial charge >= 0.3 is 0 Å². The number of nitrogens with zero attached hydrogens (tertiary/aromatic N) is 2. The van der Waals surface area contributed by atoms with E-state index in [0.717, 1.165) is 29.5 Å². The maximum absolute atomic E-state index is 5.41. The number of thiophene rings is 1. The summed E-state index contributed by atoms with van der Waals surface area (Å²) in [5.41, 5.74) is 1.86. The minimum atomic E-state index is 0. The summed E-state index contributed by atoms with van der Waals surface area (Å²) in [4.78, 5) is 5.63. The first-order valence-corrected chi connectivity index (χ1v) is 9.13. The first kappa shape index (κ1) is 20.4. The molecular weight excluding hydrogens is 459 g/mol. The van der Waals surface area contributed by atoms with E-state index in [-0.39, 0.29) is 24.0 Å². The summed E-state index contributed by atoms with van der Waals surface area (Å²) in [5, 5.41) is 12.8. The number of guanidine groups is 1. The van der Waals surface area contributed by atoms with Gasteiger partial charge in [0.2, 0.25) is 0 Å². The largest absolute Gasteiger partial charge is 0.356 e. The SMILES string of the molecule is CN=C(NCc1cc(-c2ccccc2)on1)NCC(C)c1cccs1.I. The van der Waals surface area contributed by atoms with Crippen molar-refractivity contribution >= 4 is 41.3 Å². The molecule has 0 aliphatic carbocycles. The molecule has 0 aliphatic rings. The van der Waals surface area contributed by atoms with Crippen LogP contribution in [0.25, 0.3) is 11.3 Å². The average Bonchev–Trinajstić information content (AvgIpc) is 3.34. The van der Waals surface area contributed by atoms with Crippen molar-refractivity contribution in [1.82, 2.24) is 15.8 Å². The number of hydrogen-bond donors (Lipinski definition) is 2. The standard InChI is InChI=1S/C19H22N4OS.HI/c1-14(18-9-6-10-25-18)12-21-19(20-2)22-13-16-11-17(24-23-16)15-7-4-3-5-8-15;/h3-11,14H,12-13H2,1-2H3,(H2,20,21,22);1H. The quantitative estimate of drug-likeness (QED) is 0.309. The summed E-state index contributed by atoms with van der Waals surface area (Å²) >= 11 is 1.78. The molecule has 2 N–H and O–H groups in total. The van der Waals surface area contributed by atoms with Crippen molar-refractivity contribution in [1.29, 1.82) is 0 Å². The predicted octanol–water partition coefficient (Wildman–Crippen LogP) is 4.49. The van der Waals surface area contributed by atoms with Crippen LogP contribution in [0.2, 0.25) is 0 Å². The summed E-state index contributed by atoms with van der Waals surface area (Å²) in [6.45, 7) is 3.59. The van der Waals surface area contributed by atoms with Gasteiger partial charge in [0, 0.05) is 36.0 Å². The minimum absolute atomic E-state index is 0. The van der Waals surface area contributed by atoms with Crippen molar-refractivity contribution in [3.63, 3.8) is 0 Å². The highest BCUT2D eigenvalue weighted by atomic mass is 127. The van der Waals surface area contributed by atoms with Crippen LogP contribution in [0, 0.1) is 0 Å². The molecule has 5 nitrogen and oxygen atoms in total. The lowest BCUT2D eigenvalue weighted by molar-refractivity contribution is 0.422. The molecule has 2 heterocycles.